The number of benzene rings is 1. The number of rotatable bonds is 4. The van der Waals surface area contributed by atoms with E-state index >= 15 is 0 Å². The summed E-state index contributed by atoms with van der Waals surface area (Å²) in [6.45, 7) is 6.12. The lowest BCUT2D eigenvalue weighted by atomic mass is 10.1. The molecular weight excluding hydrogens is 212 g/mol. The summed E-state index contributed by atoms with van der Waals surface area (Å²) in [5, 5.41) is 0. The molecular formula is C14H22N2O. The first kappa shape index (κ1) is 13.6. The molecule has 0 aromatic heterocycles. The van der Waals surface area contributed by atoms with E-state index in [1.54, 1.807) is 17.0 Å². The number of hydrogen-bond donors (Lipinski definition) is 1. The van der Waals surface area contributed by atoms with Crippen LogP contribution in [-0.4, -0.2) is 23.9 Å². The molecule has 0 aliphatic rings. The van der Waals surface area contributed by atoms with Crippen molar-refractivity contribution in [1.82, 2.24) is 4.90 Å². The van der Waals surface area contributed by atoms with E-state index in [1.165, 1.54) is 0 Å². The van der Waals surface area contributed by atoms with Crippen molar-refractivity contribution in [3.05, 3.63) is 29.3 Å². The molecule has 1 amide bonds. The Bertz CT molecular complexity index is 401. The molecule has 0 spiro atoms. The summed E-state index contributed by atoms with van der Waals surface area (Å²) in [4.78, 5) is 14.0. The van der Waals surface area contributed by atoms with Gasteiger partial charge in [-0.1, -0.05) is 13.3 Å². The molecule has 0 aliphatic heterocycles. The zero-order chi connectivity index (χ0) is 13.0. The Balaban J connectivity index is 2.85. The van der Waals surface area contributed by atoms with Crippen molar-refractivity contribution in [2.24, 2.45) is 0 Å². The van der Waals surface area contributed by atoms with Gasteiger partial charge in [0.2, 0.25) is 0 Å². The van der Waals surface area contributed by atoms with Gasteiger partial charge in [-0.15, -0.1) is 0 Å². The molecule has 1 unspecified atom stereocenters. The second-order valence-electron chi connectivity index (χ2n) is 4.63. The predicted octanol–water partition coefficient (Wildman–Crippen LogP) is 2.84. The Kier molecular flexibility index (Phi) is 4.55. The first-order chi connectivity index (χ1) is 7.97. The number of nitrogen functional groups attached to an aromatic ring is 1. The van der Waals surface area contributed by atoms with Crippen LogP contribution in [0.2, 0.25) is 0 Å². The largest absolute Gasteiger partial charge is 0.399 e. The fourth-order valence-electron chi connectivity index (χ4n) is 1.82. The number of amides is 1. The second-order valence-corrected chi connectivity index (χ2v) is 4.63. The molecule has 1 aromatic rings. The summed E-state index contributed by atoms with van der Waals surface area (Å²) >= 11 is 0. The van der Waals surface area contributed by atoms with Gasteiger partial charge in [-0.2, -0.15) is 0 Å². The molecule has 0 aliphatic carbocycles. The molecule has 0 saturated carbocycles. The van der Waals surface area contributed by atoms with E-state index in [-0.39, 0.29) is 11.9 Å². The van der Waals surface area contributed by atoms with Crippen molar-refractivity contribution in [3.8, 4) is 0 Å². The Labute approximate surface area is 104 Å². The van der Waals surface area contributed by atoms with Gasteiger partial charge < -0.3 is 10.6 Å². The standard InChI is InChI=1S/C14H22N2O/c1-5-6-11(3)16(4)14(17)12-7-8-13(15)10(2)9-12/h7-9,11H,5-6,15H2,1-4H3. The van der Waals surface area contributed by atoms with E-state index in [9.17, 15) is 4.79 Å². The zero-order valence-electron chi connectivity index (χ0n) is 11.2. The Morgan fingerprint density at radius 1 is 1.47 bits per heavy atom. The van der Waals surface area contributed by atoms with E-state index in [0.29, 0.717) is 5.56 Å². The number of carbonyl (C=O) groups is 1. The molecule has 1 atom stereocenters. The third-order valence-electron chi connectivity index (χ3n) is 3.20. The molecule has 17 heavy (non-hydrogen) atoms. The minimum Gasteiger partial charge on any atom is -0.399 e. The molecule has 2 N–H and O–H groups in total. The van der Waals surface area contributed by atoms with E-state index in [4.69, 9.17) is 5.73 Å². The van der Waals surface area contributed by atoms with Gasteiger partial charge in [-0.25, -0.2) is 0 Å². The van der Waals surface area contributed by atoms with Gasteiger partial charge in [0, 0.05) is 24.3 Å². The molecule has 0 heterocycles. The van der Waals surface area contributed by atoms with Gasteiger partial charge in [0.25, 0.3) is 5.91 Å². The van der Waals surface area contributed by atoms with Crippen molar-refractivity contribution < 1.29 is 4.79 Å². The highest BCUT2D eigenvalue weighted by atomic mass is 16.2. The lowest BCUT2D eigenvalue weighted by Crippen LogP contribution is -2.35. The van der Waals surface area contributed by atoms with E-state index in [1.807, 2.05) is 20.0 Å². The number of nitrogens with zero attached hydrogens (tertiary/aromatic N) is 1. The van der Waals surface area contributed by atoms with Gasteiger partial charge in [0.05, 0.1) is 0 Å². The maximum Gasteiger partial charge on any atom is 0.253 e. The van der Waals surface area contributed by atoms with Crippen molar-refractivity contribution in [2.45, 2.75) is 39.7 Å². The predicted molar refractivity (Wildman–Crippen MR) is 72.1 cm³/mol. The van der Waals surface area contributed by atoms with E-state index < -0.39 is 0 Å². The SMILES string of the molecule is CCCC(C)N(C)C(=O)c1ccc(N)c(C)c1. The minimum absolute atomic E-state index is 0.0639. The number of aryl methyl sites for hydroxylation is 1. The van der Waals surface area contributed by atoms with Crippen LogP contribution in [-0.2, 0) is 0 Å². The summed E-state index contributed by atoms with van der Waals surface area (Å²) in [6.07, 6.45) is 2.11. The van der Waals surface area contributed by atoms with Crippen molar-refractivity contribution in [3.63, 3.8) is 0 Å². The zero-order valence-corrected chi connectivity index (χ0v) is 11.2. The third kappa shape index (κ3) is 3.22. The van der Waals surface area contributed by atoms with Crippen LogP contribution in [0.1, 0.15) is 42.6 Å². The van der Waals surface area contributed by atoms with Gasteiger partial charge >= 0.3 is 0 Å². The molecule has 0 saturated heterocycles. The highest BCUT2D eigenvalue weighted by molar-refractivity contribution is 5.94. The fourth-order valence-corrected chi connectivity index (χ4v) is 1.82. The number of anilines is 1. The highest BCUT2D eigenvalue weighted by Crippen LogP contribution is 2.15. The first-order valence-corrected chi connectivity index (χ1v) is 6.10. The van der Waals surface area contributed by atoms with Crippen LogP contribution in [0, 0.1) is 6.92 Å². The van der Waals surface area contributed by atoms with Crippen LogP contribution in [0.4, 0.5) is 5.69 Å². The fraction of sp³-hybridized carbons (Fsp3) is 0.500. The van der Waals surface area contributed by atoms with Gasteiger partial charge in [0.1, 0.15) is 0 Å². The van der Waals surface area contributed by atoms with E-state index in [2.05, 4.69) is 13.8 Å². The van der Waals surface area contributed by atoms with Crippen LogP contribution in [0.5, 0.6) is 0 Å². The first-order valence-electron chi connectivity index (χ1n) is 6.10. The number of carbonyl (C=O) groups excluding carboxylic acids is 1. The quantitative estimate of drug-likeness (QED) is 0.814. The summed E-state index contributed by atoms with van der Waals surface area (Å²) in [6, 6.07) is 5.71. The van der Waals surface area contributed by atoms with Gasteiger partial charge in [-0.3, -0.25) is 4.79 Å². The maximum atomic E-state index is 12.2. The molecule has 0 fully saturated rings. The monoisotopic (exact) mass is 234 g/mol. The van der Waals surface area contributed by atoms with Gasteiger partial charge in [-0.05, 0) is 44.0 Å². The van der Waals surface area contributed by atoms with E-state index in [0.717, 1.165) is 24.1 Å². The highest BCUT2D eigenvalue weighted by Gasteiger charge is 2.16. The Hall–Kier alpha value is -1.51. The smallest absolute Gasteiger partial charge is 0.253 e. The lowest BCUT2D eigenvalue weighted by molar-refractivity contribution is 0.0736. The average Bonchev–Trinajstić information content (AvgIpc) is 2.31. The Morgan fingerprint density at radius 2 is 2.12 bits per heavy atom. The van der Waals surface area contributed by atoms with Crippen LogP contribution >= 0.6 is 0 Å². The Morgan fingerprint density at radius 3 is 2.65 bits per heavy atom. The van der Waals surface area contributed by atoms with Crippen LogP contribution in [0.3, 0.4) is 0 Å². The van der Waals surface area contributed by atoms with Crippen molar-refractivity contribution >= 4 is 11.6 Å². The second kappa shape index (κ2) is 5.71. The minimum atomic E-state index is 0.0639. The molecule has 0 radical (unpaired) electrons. The number of nitrogens with two attached hydrogens (primary N) is 1. The molecule has 1 aromatic carbocycles. The summed E-state index contributed by atoms with van der Waals surface area (Å²) < 4.78 is 0. The third-order valence-corrected chi connectivity index (χ3v) is 3.20. The van der Waals surface area contributed by atoms with Crippen LogP contribution in [0.15, 0.2) is 18.2 Å². The summed E-state index contributed by atoms with van der Waals surface area (Å²) in [7, 11) is 1.86. The molecule has 3 heteroatoms. The summed E-state index contributed by atoms with van der Waals surface area (Å²) in [5.41, 5.74) is 8.14. The van der Waals surface area contributed by atoms with Crippen LogP contribution in [0.25, 0.3) is 0 Å². The van der Waals surface area contributed by atoms with Gasteiger partial charge in [0.15, 0.2) is 0 Å². The summed E-state index contributed by atoms with van der Waals surface area (Å²) in [5.74, 6) is 0.0639. The maximum absolute atomic E-state index is 12.2. The average molecular weight is 234 g/mol. The van der Waals surface area contributed by atoms with Crippen molar-refractivity contribution in [2.75, 3.05) is 12.8 Å². The topological polar surface area (TPSA) is 46.3 Å². The lowest BCUT2D eigenvalue weighted by Gasteiger charge is -2.25. The molecule has 1 rings (SSSR count). The molecule has 94 valence electrons. The molecule has 3 nitrogen and oxygen atoms in total. The normalized spacial score (nSPS) is 12.2. The van der Waals surface area contributed by atoms with Crippen molar-refractivity contribution in [1.29, 1.82) is 0 Å². The van der Waals surface area contributed by atoms with Crippen LogP contribution < -0.4 is 5.73 Å². The molecule has 0 bridgehead atoms. The number of hydrogen-bond acceptors (Lipinski definition) is 2.